The lowest BCUT2D eigenvalue weighted by molar-refractivity contribution is -0.132. The number of hydrogen-bond acceptors (Lipinski definition) is 5. The molecule has 4 N–H and O–H groups in total. The fourth-order valence-corrected chi connectivity index (χ4v) is 1.56. The molecular weight excluding hydrogens is 274 g/mol. The number of carbonyl (C=O) groups excluding carboxylic acids is 1. The van der Waals surface area contributed by atoms with Gasteiger partial charge in [0, 0.05) is 18.5 Å². The lowest BCUT2D eigenvalue weighted by Gasteiger charge is -2.19. The Morgan fingerprint density at radius 3 is 2.52 bits per heavy atom. The Bertz CT molecular complexity index is 459. The zero-order valence-electron chi connectivity index (χ0n) is 12.7. The van der Waals surface area contributed by atoms with Gasteiger partial charge in [-0.1, -0.05) is 0 Å². The Morgan fingerprint density at radius 1 is 1.43 bits per heavy atom. The number of nitrogens with one attached hydrogen (secondary N) is 1. The third-order valence-electron chi connectivity index (χ3n) is 2.69. The molecule has 118 valence electrons. The number of carbonyl (C=O) groups is 2. The van der Waals surface area contributed by atoms with Crippen LogP contribution in [-0.2, 0) is 9.53 Å². The van der Waals surface area contributed by atoms with Crippen molar-refractivity contribution in [2.45, 2.75) is 39.2 Å². The SMILES string of the molecule is CC(C)(C)OC(=O)NCCN=C/C(C(=O)O)=C(\N)C1CC1. The van der Waals surface area contributed by atoms with Crippen LogP contribution < -0.4 is 11.1 Å². The molecule has 1 aliphatic rings. The Morgan fingerprint density at radius 2 is 2.05 bits per heavy atom. The van der Waals surface area contributed by atoms with Crippen molar-refractivity contribution in [3.63, 3.8) is 0 Å². The van der Waals surface area contributed by atoms with Gasteiger partial charge in [0.25, 0.3) is 0 Å². The van der Waals surface area contributed by atoms with Crippen molar-refractivity contribution < 1.29 is 19.4 Å². The lowest BCUT2D eigenvalue weighted by atomic mass is 10.1. The number of hydrogen-bond donors (Lipinski definition) is 3. The quantitative estimate of drug-likeness (QED) is 0.388. The van der Waals surface area contributed by atoms with Gasteiger partial charge in [-0.3, -0.25) is 4.99 Å². The number of alkyl carbamates (subject to hydrolysis) is 1. The van der Waals surface area contributed by atoms with E-state index in [1.807, 2.05) is 0 Å². The van der Waals surface area contributed by atoms with Crippen LogP contribution in [0, 0.1) is 5.92 Å². The van der Waals surface area contributed by atoms with Gasteiger partial charge >= 0.3 is 12.1 Å². The van der Waals surface area contributed by atoms with E-state index < -0.39 is 17.7 Å². The highest BCUT2D eigenvalue weighted by Crippen LogP contribution is 2.34. The van der Waals surface area contributed by atoms with Crippen LogP contribution in [0.15, 0.2) is 16.3 Å². The second-order valence-corrected chi connectivity index (χ2v) is 5.91. The predicted octanol–water partition coefficient (Wildman–Crippen LogP) is 1.29. The van der Waals surface area contributed by atoms with Gasteiger partial charge in [0.2, 0.25) is 0 Å². The Hall–Kier alpha value is -2.05. The van der Waals surface area contributed by atoms with Crippen molar-refractivity contribution in [3.05, 3.63) is 11.3 Å². The Balaban J connectivity index is 2.38. The van der Waals surface area contributed by atoms with Crippen LogP contribution in [-0.4, -0.2) is 42.1 Å². The molecule has 0 atom stereocenters. The number of carboxylic acids is 1. The summed E-state index contributed by atoms with van der Waals surface area (Å²) in [7, 11) is 0. The molecule has 1 saturated carbocycles. The Kier molecular flexibility index (Phi) is 5.75. The summed E-state index contributed by atoms with van der Waals surface area (Å²) in [6.45, 7) is 5.84. The molecule has 0 aromatic heterocycles. The third-order valence-corrected chi connectivity index (χ3v) is 2.69. The van der Waals surface area contributed by atoms with Gasteiger partial charge < -0.3 is 20.9 Å². The average Bonchev–Trinajstić information content (AvgIpc) is 3.14. The number of aliphatic carboxylic acids is 1. The number of allylic oxidation sites excluding steroid dienone is 1. The number of amides is 1. The first-order valence-corrected chi connectivity index (χ1v) is 6.90. The Labute approximate surface area is 124 Å². The van der Waals surface area contributed by atoms with Gasteiger partial charge in [-0.15, -0.1) is 0 Å². The highest BCUT2D eigenvalue weighted by Gasteiger charge is 2.28. The maximum atomic E-state index is 11.4. The predicted molar refractivity (Wildman–Crippen MR) is 79.2 cm³/mol. The van der Waals surface area contributed by atoms with E-state index in [1.54, 1.807) is 20.8 Å². The molecule has 0 saturated heterocycles. The standard InChI is InChI=1S/C14H23N3O4/c1-14(2,3)21-13(20)17-7-6-16-8-10(12(18)19)11(15)9-4-5-9/h8-9H,4-7,15H2,1-3H3,(H,17,20)(H,18,19)/b11-10+,16-8?. The van der Waals surface area contributed by atoms with Gasteiger partial charge in [-0.25, -0.2) is 9.59 Å². The van der Waals surface area contributed by atoms with Crippen LogP contribution >= 0.6 is 0 Å². The van der Waals surface area contributed by atoms with E-state index in [2.05, 4.69) is 10.3 Å². The van der Waals surface area contributed by atoms with Crippen LogP contribution in [0.3, 0.4) is 0 Å². The molecule has 0 aromatic rings. The zero-order chi connectivity index (χ0) is 16.0. The fraction of sp³-hybridized carbons (Fsp3) is 0.643. The molecule has 21 heavy (non-hydrogen) atoms. The van der Waals surface area contributed by atoms with Crippen molar-refractivity contribution in [2.24, 2.45) is 16.6 Å². The van der Waals surface area contributed by atoms with Gasteiger partial charge in [0.15, 0.2) is 0 Å². The summed E-state index contributed by atoms with van der Waals surface area (Å²) >= 11 is 0. The minimum absolute atomic E-state index is 0.0368. The van der Waals surface area contributed by atoms with Crippen molar-refractivity contribution in [1.82, 2.24) is 5.32 Å². The number of rotatable bonds is 6. The highest BCUT2D eigenvalue weighted by atomic mass is 16.6. The second kappa shape index (κ2) is 7.10. The maximum absolute atomic E-state index is 11.4. The minimum atomic E-state index is -1.08. The minimum Gasteiger partial charge on any atom is -0.478 e. The van der Waals surface area contributed by atoms with E-state index in [0.717, 1.165) is 12.8 Å². The van der Waals surface area contributed by atoms with Crippen LogP contribution in [0.4, 0.5) is 4.79 Å². The zero-order valence-corrected chi connectivity index (χ0v) is 12.7. The normalized spacial score (nSPS) is 16.5. The molecule has 7 nitrogen and oxygen atoms in total. The number of carboxylic acid groups (broad SMARTS) is 1. The molecule has 1 aliphatic carbocycles. The van der Waals surface area contributed by atoms with Crippen molar-refractivity contribution >= 4 is 18.3 Å². The van der Waals surface area contributed by atoms with Crippen LogP contribution in [0.5, 0.6) is 0 Å². The molecule has 1 rings (SSSR count). The van der Waals surface area contributed by atoms with E-state index in [1.165, 1.54) is 6.21 Å². The first-order chi connectivity index (χ1) is 9.70. The fourth-order valence-electron chi connectivity index (χ4n) is 1.56. The summed E-state index contributed by atoms with van der Waals surface area (Å²) in [6, 6.07) is 0. The third kappa shape index (κ3) is 6.78. The van der Waals surface area contributed by atoms with E-state index in [9.17, 15) is 9.59 Å². The molecule has 0 heterocycles. The number of aliphatic imine (C=N–C) groups is 1. The lowest BCUT2D eigenvalue weighted by Crippen LogP contribution is -2.33. The molecule has 0 unspecified atom stereocenters. The summed E-state index contributed by atoms with van der Waals surface area (Å²) in [4.78, 5) is 26.4. The molecule has 0 bridgehead atoms. The van der Waals surface area contributed by atoms with Crippen LogP contribution in [0.2, 0.25) is 0 Å². The van der Waals surface area contributed by atoms with Gasteiger partial charge in [-0.05, 0) is 39.5 Å². The summed E-state index contributed by atoms with van der Waals surface area (Å²) in [6.07, 6.45) is 2.59. The highest BCUT2D eigenvalue weighted by molar-refractivity contribution is 6.09. The molecule has 1 fully saturated rings. The number of nitrogens with two attached hydrogens (primary N) is 1. The summed E-state index contributed by atoms with van der Waals surface area (Å²) < 4.78 is 5.06. The maximum Gasteiger partial charge on any atom is 0.407 e. The van der Waals surface area contributed by atoms with E-state index in [4.69, 9.17) is 15.6 Å². The number of nitrogens with zero attached hydrogens (tertiary/aromatic N) is 1. The topological polar surface area (TPSA) is 114 Å². The molecule has 0 aromatic carbocycles. The summed E-state index contributed by atoms with van der Waals surface area (Å²) in [5, 5.41) is 11.6. The van der Waals surface area contributed by atoms with Crippen molar-refractivity contribution in [2.75, 3.05) is 13.1 Å². The molecule has 0 aliphatic heterocycles. The van der Waals surface area contributed by atoms with Gasteiger partial charge in [-0.2, -0.15) is 0 Å². The molecule has 7 heteroatoms. The van der Waals surface area contributed by atoms with Gasteiger partial charge in [0.05, 0.1) is 12.1 Å². The van der Waals surface area contributed by atoms with Crippen LogP contribution in [0.25, 0.3) is 0 Å². The van der Waals surface area contributed by atoms with E-state index >= 15 is 0 Å². The number of ether oxygens (including phenoxy) is 1. The van der Waals surface area contributed by atoms with Crippen LogP contribution in [0.1, 0.15) is 33.6 Å². The first-order valence-electron chi connectivity index (χ1n) is 6.90. The molecule has 1 amide bonds. The van der Waals surface area contributed by atoms with E-state index in [0.29, 0.717) is 5.70 Å². The molecule has 0 radical (unpaired) electrons. The van der Waals surface area contributed by atoms with E-state index in [-0.39, 0.29) is 24.6 Å². The van der Waals surface area contributed by atoms with Gasteiger partial charge in [0.1, 0.15) is 5.60 Å². The molecule has 0 spiro atoms. The largest absolute Gasteiger partial charge is 0.478 e. The van der Waals surface area contributed by atoms with Crippen molar-refractivity contribution in [3.8, 4) is 0 Å². The second-order valence-electron chi connectivity index (χ2n) is 5.91. The average molecular weight is 297 g/mol. The van der Waals surface area contributed by atoms with Crippen molar-refractivity contribution in [1.29, 1.82) is 0 Å². The summed E-state index contributed by atoms with van der Waals surface area (Å²) in [5.74, 6) is -0.911. The first kappa shape index (κ1) is 17.0. The monoisotopic (exact) mass is 297 g/mol. The molecular formula is C14H23N3O4. The smallest absolute Gasteiger partial charge is 0.407 e. The summed E-state index contributed by atoms with van der Waals surface area (Å²) in [5.41, 5.74) is 5.64.